The highest BCUT2D eigenvalue weighted by molar-refractivity contribution is 5.65. The van der Waals surface area contributed by atoms with Gasteiger partial charge in [0.05, 0.1) is 0 Å². The van der Waals surface area contributed by atoms with Gasteiger partial charge in [0.15, 0.2) is 0 Å². The van der Waals surface area contributed by atoms with E-state index in [1.807, 2.05) is 6.92 Å². The van der Waals surface area contributed by atoms with Crippen LogP contribution in [0.15, 0.2) is 18.2 Å². The Labute approximate surface area is 82.7 Å². The molecule has 0 heterocycles. The summed E-state index contributed by atoms with van der Waals surface area (Å²) < 4.78 is 18.0. The normalized spacial score (nSPS) is 9.93. The predicted octanol–water partition coefficient (Wildman–Crippen LogP) is 2.45. The number of halogens is 1. The summed E-state index contributed by atoms with van der Waals surface area (Å²) >= 11 is 0. The SMILES string of the molecule is CCc1ccc(COC(C)=O)cc1F. The number of carbonyl (C=O) groups is 1. The molecule has 0 aliphatic rings. The van der Waals surface area contributed by atoms with Crippen molar-refractivity contribution in [3.63, 3.8) is 0 Å². The lowest BCUT2D eigenvalue weighted by Crippen LogP contribution is -1.99. The minimum atomic E-state index is -0.357. The van der Waals surface area contributed by atoms with Gasteiger partial charge in [-0.05, 0) is 23.6 Å². The maximum absolute atomic E-state index is 13.2. The summed E-state index contributed by atoms with van der Waals surface area (Å²) in [6, 6.07) is 4.89. The summed E-state index contributed by atoms with van der Waals surface area (Å²) in [5, 5.41) is 0. The fraction of sp³-hybridized carbons (Fsp3) is 0.364. The Morgan fingerprint density at radius 3 is 2.71 bits per heavy atom. The smallest absolute Gasteiger partial charge is 0.302 e. The molecule has 0 radical (unpaired) electrons. The third-order valence-corrected chi connectivity index (χ3v) is 1.94. The molecule has 0 aliphatic carbocycles. The van der Waals surface area contributed by atoms with Crippen LogP contribution in [0.5, 0.6) is 0 Å². The van der Waals surface area contributed by atoms with Gasteiger partial charge in [-0.25, -0.2) is 4.39 Å². The Morgan fingerprint density at radius 1 is 1.50 bits per heavy atom. The zero-order valence-corrected chi connectivity index (χ0v) is 8.34. The standard InChI is InChI=1S/C11H13FO2/c1-3-10-5-4-9(6-11(10)12)7-14-8(2)13/h4-6H,3,7H2,1-2H3. The topological polar surface area (TPSA) is 26.3 Å². The van der Waals surface area contributed by atoms with Crippen molar-refractivity contribution in [1.29, 1.82) is 0 Å². The van der Waals surface area contributed by atoms with Crippen LogP contribution >= 0.6 is 0 Å². The first-order chi connectivity index (χ1) is 6.63. The van der Waals surface area contributed by atoms with Gasteiger partial charge in [0.2, 0.25) is 0 Å². The number of carbonyl (C=O) groups excluding carboxylic acids is 1. The fourth-order valence-electron chi connectivity index (χ4n) is 1.15. The van der Waals surface area contributed by atoms with Crippen molar-refractivity contribution in [2.45, 2.75) is 26.9 Å². The maximum Gasteiger partial charge on any atom is 0.302 e. The summed E-state index contributed by atoms with van der Waals surface area (Å²) in [6.45, 7) is 3.36. The second kappa shape index (κ2) is 4.74. The maximum atomic E-state index is 13.2. The fourth-order valence-corrected chi connectivity index (χ4v) is 1.15. The van der Waals surface area contributed by atoms with E-state index in [2.05, 4.69) is 0 Å². The molecule has 0 amide bonds. The van der Waals surface area contributed by atoms with Crippen molar-refractivity contribution in [2.24, 2.45) is 0 Å². The summed E-state index contributed by atoms with van der Waals surface area (Å²) in [5.41, 5.74) is 1.35. The molecule has 0 spiro atoms. The molecule has 1 aromatic rings. The van der Waals surface area contributed by atoms with Crippen molar-refractivity contribution in [3.05, 3.63) is 35.1 Å². The average molecular weight is 196 g/mol. The van der Waals surface area contributed by atoms with Gasteiger partial charge in [-0.2, -0.15) is 0 Å². The van der Waals surface area contributed by atoms with Crippen molar-refractivity contribution in [1.82, 2.24) is 0 Å². The second-order valence-electron chi connectivity index (χ2n) is 3.06. The van der Waals surface area contributed by atoms with Crippen molar-refractivity contribution in [3.8, 4) is 0 Å². The molecule has 0 saturated carbocycles. The van der Waals surface area contributed by atoms with Gasteiger partial charge in [0.1, 0.15) is 12.4 Å². The van der Waals surface area contributed by atoms with E-state index in [0.29, 0.717) is 17.5 Å². The van der Waals surface area contributed by atoms with Gasteiger partial charge in [-0.3, -0.25) is 4.79 Å². The van der Waals surface area contributed by atoms with E-state index in [0.717, 1.165) is 0 Å². The van der Waals surface area contributed by atoms with Gasteiger partial charge in [-0.1, -0.05) is 19.1 Å². The van der Waals surface area contributed by atoms with Crippen molar-refractivity contribution in [2.75, 3.05) is 0 Å². The van der Waals surface area contributed by atoms with Crippen LogP contribution in [0.3, 0.4) is 0 Å². The molecule has 0 fully saturated rings. The highest BCUT2D eigenvalue weighted by Crippen LogP contribution is 2.11. The molecule has 0 saturated heterocycles. The zero-order valence-electron chi connectivity index (χ0n) is 8.34. The molecule has 76 valence electrons. The Balaban J connectivity index is 2.71. The lowest BCUT2D eigenvalue weighted by Gasteiger charge is -2.04. The molecule has 0 bridgehead atoms. The number of hydrogen-bond donors (Lipinski definition) is 0. The number of benzene rings is 1. The van der Waals surface area contributed by atoms with Gasteiger partial charge >= 0.3 is 5.97 Å². The number of aryl methyl sites for hydroxylation is 1. The van der Waals surface area contributed by atoms with E-state index in [9.17, 15) is 9.18 Å². The molecule has 14 heavy (non-hydrogen) atoms. The minimum absolute atomic E-state index is 0.135. The highest BCUT2D eigenvalue weighted by atomic mass is 19.1. The monoisotopic (exact) mass is 196 g/mol. The molecule has 1 rings (SSSR count). The van der Waals surface area contributed by atoms with Crippen LogP contribution < -0.4 is 0 Å². The predicted molar refractivity (Wildman–Crippen MR) is 51.2 cm³/mol. The van der Waals surface area contributed by atoms with Gasteiger partial charge in [0, 0.05) is 6.92 Å². The Hall–Kier alpha value is -1.38. The van der Waals surface area contributed by atoms with E-state index in [1.165, 1.54) is 13.0 Å². The average Bonchev–Trinajstić information content (AvgIpc) is 2.15. The highest BCUT2D eigenvalue weighted by Gasteiger charge is 2.02. The van der Waals surface area contributed by atoms with Crippen LogP contribution in [0.25, 0.3) is 0 Å². The van der Waals surface area contributed by atoms with E-state index in [-0.39, 0.29) is 18.4 Å². The second-order valence-corrected chi connectivity index (χ2v) is 3.06. The first-order valence-electron chi connectivity index (χ1n) is 4.54. The lowest BCUT2D eigenvalue weighted by atomic mass is 10.1. The molecule has 0 N–H and O–H groups in total. The zero-order chi connectivity index (χ0) is 10.6. The number of rotatable bonds is 3. The first-order valence-corrected chi connectivity index (χ1v) is 4.54. The molecule has 0 aliphatic heterocycles. The summed E-state index contributed by atoms with van der Waals surface area (Å²) in [5.74, 6) is -0.595. The number of esters is 1. The van der Waals surface area contributed by atoms with Crippen molar-refractivity contribution >= 4 is 5.97 Å². The third-order valence-electron chi connectivity index (χ3n) is 1.94. The Morgan fingerprint density at radius 2 is 2.21 bits per heavy atom. The van der Waals surface area contributed by atoms with Crippen LogP contribution in [-0.2, 0) is 22.6 Å². The van der Waals surface area contributed by atoms with Gasteiger partial charge in [0.25, 0.3) is 0 Å². The quantitative estimate of drug-likeness (QED) is 0.694. The molecule has 3 heteroatoms. The first kappa shape index (κ1) is 10.7. The minimum Gasteiger partial charge on any atom is -0.461 e. The molecule has 1 aromatic carbocycles. The van der Waals surface area contributed by atoms with E-state index in [4.69, 9.17) is 4.74 Å². The largest absolute Gasteiger partial charge is 0.461 e. The molecule has 2 nitrogen and oxygen atoms in total. The van der Waals surface area contributed by atoms with Crippen LogP contribution in [0.4, 0.5) is 4.39 Å². The van der Waals surface area contributed by atoms with Gasteiger partial charge in [-0.15, -0.1) is 0 Å². The van der Waals surface area contributed by atoms with Crippen LogP contribution in [0.2, 0.25) is 0 Å². The van der Waals surface area contributed by atoms with E-state index < -0.39 is 0 Å². The molecule has 0 unspecified atom stereocenters. The van der Waals surface area contributed by atoms with E-state index in [1.54, 1.807) is 12.1 Å². The molecule has 0 atom stereocenters. The van der Waals surface area contributed by atoms with Crippen LogP contribution in [-0.4, -0.2) is 5.97 Å². The van der Waals surface area contributed by atoms with Crippen LogP contribution in [0.1, 0.15) is 25.0 Å². The lowest BCUT2D eigenvalue weighted by molar-refractivity contribution is -0.142. The molecular weight excluding hydrogens is 183 g/mol. The van der Waals surface area contributed by atoms with Crippen LogP contribution in [0, 0.1) is 5.82 Å². The summed E-state index contributed by atoms with van der Waals surface area (Å²) in [7, 11) is 0. The van der Waals surface area contributed by atoms with Crippen molar-refractivity contribution < 1.29 is 13.9 Å². The number of ether oxygens (including phenoxy) is 1. The molecular formula is C11H13FO2. The third kappa shape index (κ3) is 2.83. The van der Waals surface area contributed by atoms with Gasteiger partial charge < -0.3 is 4.74 Å². The summed E-state index contributed by atoms with van der Waals surface area (Å²) in [6.07, 6.45) is 0.666. The number of hydrogen-bond acceptors (Lipinski definition) is 2. The Bertz CT molecular complexity index is 334. The van der Waals surface area contributed by atoms with E-state index >= 15 is 0 Å². The summed E-state index contributed by atoms with van der Waals surface area (Å²) in [4.78, 5) is 10.5. The molecule has 0 aromatic heterocycles. The Kier molecular flexibility index (Phi) is 3.63.